The summed E-state index contributed by atoms with van der Waals surface area (Å²) >= 11 is 0. The Hall–Kier alpha value is -1.98. The van der Waals surface area contributed by atoms with Crippen LogP contribution < -0.4 is 4.72 Å². The topological polar surface area (TPSA) is 148 Å². The molecule has 2 unspecified atom stereocenters. The zero-order chi connectivity index (χ0) is 20.7. The second-order valence-corrected chi connectivity index (χ2v) is 10.3. The number of unbranched alkanes of at least 4 members (excludes halogenated alkanes) is 1. The highest BCUT2D eigenvalue weighted by Crippen LogP contribution is 2.27. The van der Waals surface area contributed by atoms with Crippen molar-refractivity contribution in [2.24, 2.45) is 0 Å². The standard InChI is InChI=1S/C17H23N3O5S2/c1-3-5-8-14(12-21)20-27(24,25)17(4-2)26(22,23)16-9-6-7-13(10-18)15(16)11-19/h6-7,9,14,17,20-21H,3-5,8,12H2,1-2H3. The van der Waals surface area contributed by atoms with Gasteiger partial charge in [0.1, 0.15) is 12.1 Å². The molecule has 0 aliphatic carbocycles. The zero-order valence-corrected chi connectivity index (χ0v) is 16.8. The number of sulfone groups is 1. The second-order valence-electron chi connectivity index (χ2n) is 5.97. The molecule has 1 aromatic carbocycles. The summed E-state index contributed by atoms with van der Waals surface area (Å²) in [6.07, 6.45) is 1.57. The summed E-state index contributed by atoms with van der Waals surface area (Å²) in [5.41, 5.74) is -0.520. The molecular weight excluding hydrogens is 390 g/mol. The van der Waals surface area contributed by atoms with Gasteiger partial charge in [-0.2, -0.15) is 10.5 Å². The minimum Gasteiger partial charge on any atom is -0.395 e. The summed E-state index contributed by atoms with van der Waals surface area (Å²) < 4.78 is 51.9. The van der Waals surface area contributed by atoms with Crippen LogP contribution in [0.25, 0.3) is 0 Å². The first kappa shape index (κ1) is 23.1. The summed E-state index contributed by atoms with van der Waals surface area (Å²) in [7, 11) is -8.82. The molecule has 0 bridgehead atoms. The van der Waals surface area contributed by atoms with E-state index in [2.05, 4.69) is 4.72 Å². The number of hydrogen-bond acceptors (Lipinski definition) is 7. The van der Waals surface area contributed by atoms with Gasteiger partial charge in [-0.1, -0.05) is 32.8 Å². The average Bonchev–Trinajstić information content (AvgIpc) is 2.64. The van der Waals surface area contributed by atoms with Crippen LogP contribution >= 0.6 is 0 Å². The van der Waals surface area contributed by atoms with Gasteiger partial charge in [-0.3, -0.25) is 0 Å². The Balaban J connectivity index is 3.39. The summed E-state index contributed by atoms with van der Waals surface area (Å²) in [4.78, 5) is -0.490. The van der Waals surface area contributed by atoms with Crippen molar-refractivity contribution in [2.75, 3.05) is 6.61 Å². The van der Waals surface area contributed by atoms with Crippen LogP contribution in [0.5, 0.6) is 0 Å². The average molecular weight is 414 g/mol. The van der Waals surface area contributed by atoms with Crippen LogP contribution in [-0.2, 0) is 19.9 Å². The fourth-order valence-electron chi connectivity index (χ4n) is 2.67. The Morgan fingerprint density at radius 1 is 1.15 bits per heavy atom. The van der Waals surface area contributed by atoms with E-state index < -0.39 is 42.0 Å². The minimum absolute atomic E-state index is 0.144. The lowest BCUT2D eigenvalue weighted by Gasteiger charge is -2.22. The van der Waals surface area contributed by atoms with Gasteiger partial charge in [-0.15, -0.1) is 0 Å². The van der Waals surface area contributed by atoms with Crippen LogP contribution in [0.15, 0.2) is 23.1 Å². The quantitative estimate of drug-likeness (QED) is 0.589. The third-order valence-corrected chi connectivity index (χ3v) is 9.23. The van der Waals surface area contributed by atoms with E-state index >= 15 is 0 Å². The highest BCUT2D eigenvalue weighted by molar-refractivity contribution is 8.08. The SMILES string of the molecule is CCCCC(CO)NS(=O)(=O)C(CC)S(=O)(=O)c1cccc(C#N)c1C#N. The fraction of sp³-hybridized carbons (Fsp3) is 0.529. The number of sulfonamides is 1. The Bertz CT molecular complexity index is 944. The minimum atomic E-state index is -4.46. The van der Waals surface area contributed by atoms with Crippen LogP contribution in [0.4, 0.5) is 0 Å². The van der Waals surface area contributed by atoms with E-state index in [1.807, 2.05) is 6.92 Å². The monoisotopic (exact) mass is 413 g/mol. The maximum Gasteiger partial charge on any atom is 0.229 e. The molecule has 0 saturated carbocycles. The van der Waals surface area contributed by atoms with Gasteiger partial charge in [0.15, 0.2) is 14.4 Å². The Morgan fingerprint density at radius 3 is 2.30 bits per heavy atom. The number of aliphatic hydroxyl groups is 1. The van der Waals surface area contributed by atoms with Gasteiger partial charge in [-0.25, -0.2) is 21.6 Å². The maximum absolute atomic E-state index is 13.0. The lowest BCUT2D eigenvalue weighted by atomic mass is 10.1. The number of benzene rings is 1. The molecule has 1 aromatic rings. The van der Waals surface area contributed by atoms with Gasteiger partial charge in [0.05, 0.1) is 22.6 Å². The first-order valence-electron chi connectivity index (χ1n) is 8.48. The summed E-state index contributed by atoms with van der Waals surface area (Å²) in [6, 6.07) is 6.31. The molecule has 10 heteroatoms. The smallest absolute Gasteiger partial charge is 0.229 e. The third-order valence-electron chi connectivity index (χ3n) is 4.05. The van der Waals surface area contributed by atoms with Crippen LogP contribution in [0.2, 0.25) is 0 Å². The zero-order valence-electron chi connectivity index (χ0n) is 15.2. The first-order chi connectivity index (χ1) is 12.7. The highest BCUT2D eigenvalue weighted by Gasteiger charge is 2.40. The van der Waals surface area contributed by atoms with Crippen molar-refractivity contribution in [3.05, 3.63) is 29.3 Å². The first-order valence-corrected chi connectivity index (χ1v) is 11.6. The third kappa shape index (κ3) is 5.27. The Morgan fingerprint density at radius 2 is 1.81 bits per heavy atom. The molecule has 0 heterocycles. The molecule has 0 fully saturated rings. The van der Waals surface area contributed by atoms with Crippen LogP contribution in [-0.4, -0.2) is 39.2 Å². The van der Waals surface area contributed by atoms with E-state index in [1.54, 1.807) is 12.1 Å². The predicted octanol–water partition coefficient (Wildman–Crippen LogP) is 1.41. The molecule has 27 heavy (non-hydrogen) atoms. The summed E-state index contributed by atoms with van der Waals surface area (Å²) in [5, 5.41) is 27.7. The fourth-order valence-corrected chi connectivity index (χ4v) is 7.16. The Kier molecular flexibility index (Phi) is 8.38. The molecule has 0 radical (unpaired) electrons. The van der Waals surface area contributed by atoms with Crippen molar-refractivity contribution in [1.29, 1.82) is 10.5 Å². The molecule has 2 N–H and O–H groups in total. The van der Waals surface area contributed by atoms with Crippen LogP contribution in [0, 0.1) is 22.7 Å². The van der Waals surface area contributed by atoms with Gasteiger partial charge >= 0.3 is 0 Å². The molecule has 0 aliphatic rings. The predicted molar refractivity (Wildman–Crippen MR) is 99.6 cm³/mol. The largest absolute Gasteiger partial charge is 0.395 e. The number of nitriles is 2. The van der Waals surface area contributed by atoms with E-state index in [0.717, 1.165) is 12.5 Å². The molecule has 0 spiro atoms. The van der Waals surface area contributed by atoms with E-state index in [-0.39, 0.29) is 17.5 Å². The van der Waals surface area contributed by atoms with E-state index in [4.69, 9.17) is 5.26 Å². The lowest BCUT2D eigenvalue weighted by molar-refractivity contribution is 0.248. The summed E-state index contributed by atoms with van der Waals surface area (Å²) in [6.45, 7) is 2.86. The number of aliphatic hydroxyl groups excluding tert-OH is 1. The molecule has 0 amide bonds. The molecular formula is C17H23N3O5S2. The van der Waals surface area contributed by atoms with Gasteiger partial charge < -0.3 is 5.11 Å². The van der Waals surface area contributed by atoms with E-state index in [0.29, 0.717) is 12.8 Å². The summed E-state index contributed by atoms with van der Waals surface area (Å²) in [5.74, 6) is 0. The van der Waals surface area contributed by atoms with Crippen LogP contribution in [0.3, 0.4) is 0 Å². The molecule has 148 valence electrons. The molecule has 0 aromatic heterocycles. The van der Waals surface area contributed by atoms with Crippen LogP contribution in [0.1, 0.15) is 50.7 Å². The van der Waals surface area contributed by atoms with Gasteiger partial charge in [0.2, 0.25) is 10.0 Å². The molecule has 1 rings (SSSR count). The number of nitrogens with one attached hydrogen (secondary N) is 1. The van der Waals surface area contributed by atoms with Crippen molar-refractivity contribution < 1.29 is 21.9 Å². The maximum atomic E-state index is 13.0. The highest BCUT2D eigenvalue weighted by atomic mass is 32.3. The van der Waals surface area contributed by atoms with Crippen molar-refractivity contribution >= 4 is 19.9 Å². The van der Waals surface area contributed by atoms with Crippen molar-refractivity contribution in [1.82, 2.24) is 4.72 Å². The van der Waals surface area contributed by atoms with Crippen molar-refractivity contribution in [2.45, 2.75) is 55.1 Å². The molecule has 0 aliphatic heterocycles. The van der Waals surface area contributed by atoms with Gasteiger partial charge in [-0.05, 0) is 25.0 Å². The normalized spacial score (nSPS) is 14.1. The van der Waals surface area contributed by atoms with Crippen molar-refractivity contribution in [3.8, 4) is 12.1 Å². The van der Waals surface area contributed by atoms with E-state index in [1.165, 1.54) is 19.1 Å². The molecule has 0 saturated heterocycles. The second kappa shape index (κ2) is 9.81. The van der Waals surface area contributed by atoms with E-state index in [9.17, 15) is 27.2 Å². The number of rotatable bonds is 10. The molecule has 8 nitrogen and oxygen atoms in total. The Labute approximate surface area is 160 Å². The van der Waals surface area contributed by atoms with Crippen molar-refractivity contribution in [3.63, 3.8) is 0 Å². The number of nitrogens with zero attached hydrogens (tertiary/aromatic N) is 2. The van der Waals surface area contributed by atoms with Gasteiger partial charge in [0, 0.05) is 6.04 Å². The number of hydrogen-bond donors (Lipinski definition) is 2. The lowest BCUT2D eigenvalue weighted by Crippen LogP contribution is -2.45. The van der Waals surface area contributed by atoms with Gasteiger partial charge in [0.25, 0.3) is 0 Å². The molecule has 2 atom stereocenters.